The Morgan fingerprint density at radius 1 is 1.10 bits per heavy atom. The molecule has 6 nitrogen and oxygen atoms in total. The van der Waals surface area contributed by atoms with Crippen LogP contribution in [0.4, 0.5) is 13.2 Å². The predicted octanol–water partition coefficient (Wildman–Crippen LogP) is 6.85. The van der Waals surface area contributed by atoms with E-state index in [1.807, 2.05) is 0 Å². The maximum Gasteiger partial charge on any atom is 0.433 e. The molecular weight excluding hydrogens is 533 g/mol. The lowest BCUT2D eigenvalue weighted by Crippen LogP contribution is -2.26. The van der Waals surface area contributed by atoms with Crippen LogP contribution in [0.5, 0.6) is 17.2 Å². The van der Waals surface area contributed by atoms with Crippen molar-refractivity contribution in [2.24, 2.45) is 0 Å². The molecule has 2 heterocycles. The summed E-state index contributed by atoms with van der Waals surface area (Å²) in [6, 6.07) is 12.3. The number of Topliss-reactive ketones (excluding diaryl/α,β-unsaturated/α-hetero) is 1. The van der Waals surface area contributed by atoms with Crippen molar-refractivity contribution in [2.45, 2.75) is 50.6 Å². The third kappa shape index (κ3) is 6.19. The number of benzene rings is 2. The first-order valence-corrected chi connectivity index (χ1v) is 13.1. The molecular formula is C29H26ClF3N2O4. The Kier molecular flexibility index (Phi) is 7.53. The highest BCUT2D eigenvalue weighted by molar-refractivity contribution is 6.32. The van der Waals surface area contributed by atoms with Gasteiger partial charge in [0.05, 0.1) is 11.6 Å². The van der Waals surface area contributed by atoms with Crippen molar-refractivity contribution in [1.29, 1.82) is 0 Å². The topological polar surface area (TPSA) is 77.5 Å². The molecule has 1 N–H and O–H groups in total. The van der Waals surface area contributed by atoms with Gasteiger partial charge in [0.15, 0.2) is 0 Å². The number of carbonyl (C=O) groups is 2. The molecule has 2 aliphatic rings. The number of hydrogen-bond donors (Lipinski definition) is 1. The summed E-state index contributed by atoms with van der Waals surface area (Å²) in [6.45, 7) is 2.24. The fraction of sp³-hybridized carbons (Fsp3) is 0.345. The lowest BCUT2D eigenvalue weighted by molar-refractivity contribution is -0.141. The number of aromatic nitrogens is 1. The largest absolute Gasteiger partial charge is 0.493 e. The van der Waals surface area contributed by atoms with Crippen molar-refractivity contribution in [2.75, 3.05) is 13.2 Å². The summed E-state index contributed by atoms with van der Waals surface area (Å²) in [4.78, 5) is 28.5. The summed E-state index contributed by atoms with van der Waals surface area (Å²) in [5.74, 6) is 0.920. The van der Waals surface area contributed by atoms with E-state index in [0.717, 1.165) is 30.0 Å². The van der Waals surface area contributed by atoms with Crippen LogP contribution >= 0.6 is 11.6 Å². The monoisotopic (exact) mass is 558 g/mol. The Balaban J connectivity index is 1.20. The van der Waals surface area contributed by atoms with Crippen LogP contribution in [0.3, 0.4) is 0 Å². The second kappa shape index (κ2) is 10.9. The molecule has 1 aliphatic heterocycles. The number of nitrogens with zero attached hydrogens (tertiary/aromatic N) is 1. The van der Waals surface area contributed by atoms with E-state index in [0.29, 0.717) is 53.0 Å². The number of pyridine rings is 1. The number of nitrogens with one attached hydrogen (secondary N) is 1. The van der Waals surface area contributed by atoms with Gasteiger partial charge in [0, 0.05) is 41.3 Å². The Hall–Kier alpha value is -3.59. The molecule has 3 aromatic rings. The summed E-state index contributed by atoms with van der Waals surface area (Å²) < 4.78 is 50.8. The minimum atomic E-state index is -4.48. The molecule has 1 atom stereocenters. The minimum Gasteiger partial charge on any atom is -0.493 e. The fourth-order valence-corrected chi connectivity index (χ4v) is 4.90. The Morgan fingerprint density at radius 2 is 1.85 bits per heavy atom. The summed E-state index contributed by atoms with van der Waals surface area (Å²) in [7, 11) is 0. The van der Waals surface area contributed by atoms with E-state index >= 15 is 0 Å². The van der Waals surface area contributed by atoms with Crippen molar-refractivity contribution < 1.29 is 32.2 Å². The van der Waals surface area contributed by atoms with Crippen LogP contribution in [0.15, 0.2) is 48.5 Å². The number of fused-ring (bicyclic) bond motifs is 1. The van der Waals surface area contributed by atoms with Gasteiger partial charge in [-0.3, -0.25) is 9.59 Å². The number of carbonyl (C=O) groups excluding carboxylic acids is 2. The van der Waals surface area contributed by atoms with E-state index < -0.39 is 11.9 Å². The van der Waals surface area contributed by atoms with Gasteiger partial charge in [0.25, 0.3) is 5.91 Å². The van der Waals surface area contributed by atoms with Gasteiger partial charge in [0.1, 0.15) is 28.7 Å². The molecule has 1 fully saturated rings. The molecule has 0 radical (unpaired) electrons. The quantitative estimate of drug-likeness (QED) is 0.327. The molecule has 39 heavy (non-hydrogen) atoms. The third-order valence-corrected chi connectivity index (χ3v) is 7.18. The van der Waals surface area contributed by atoms with Crippen LogP contribution in [0, 0.1) is 0 Å². The Morgan fingerprint density at radius 3 is 2.51 bits per heavy atom. The molecule has 1 saturated carbocycles. The standard InChI is InChI=1S/C29H26ClF3N2O4/c1-16(36)21-11-13-38-24-15-25(23(30)14-22(21)24)39-20-7-4-19(5-8-20)28(37)34-12-10-18-6-9-26(29(31,32)33)35-27(18)17-2-3-17/h4-9,14-15,17,21H,2-3,10-13H2,1H3,(H,34,37). The second-order valence-electron chi connectivity index (χ2n) is 9.77. The van der Waals surface area contributed by atoms with Gasteiger partial charge in [-0.15, -0.1) is 0 Å². The zero-order valence-electron chi connectivity index (χ0n) is 21.1. The van der Waals surface area contributed by atoms with Crippen molar-refractivity contribution in [3.63, 3.8) is 0 Å². The summed E-state index contributed by atoms with van der Waals surface area (Å²) in [5.41, 5.74) is 1.46. The SMILES string of the molecule is CC(=O)C1CCOc2cc(Oc3ccc(C(=O)NCCc4ccc(C(F)(F)F)nc4C4CC4)cc3)c(Cl)cc21. The number of amides is 1. The van der Waals surface area contributed by atoms with E-state index in [1.165, 1.54) is 6.07 Å². The van der Waals surface area contributed by atoms with E-state index in [1.54, 1.807) is 43.3 Å². The average molecular weight is 559 g/mol. The van der Waals surface area contributed by atoms with Gasteiger partial charge in [-0.2, -0.15) is 13.2 Å². The number of halogens is 4. The predicted molar refractivity (Wildman–Crippen MR) is 139 cm³/mol. The first-order valence-electron chi connectivity index (χ1n) is 12.7. The molecule has 0 saturated heterocycles. The smallest absolute Gasteiger partial charge is 0.433 e. The minimum absolute atomic E-state index is 0.0521. The van der Waals surface area contributed by atoms with Crippen LogP contribution in [-0.4, -0.2) is 29.8 Å². The van der Waals surface area contributed by atoms with Gasteiger partial charge in [-0.25, -0.2) is 4.98 Å². The van der Waals surface area contributed by atoms with E-state index in [4.69, 9.17) is 21.1 Å². The lowest BCUT2D eigenvalue weighted by Gasteiger charge is -2.25. The maximum atomic E-state index is 13.1. The zero-order valence-corrected chi connectivity index (χ0v) is 21.9. The fourth-order valence-electron chi connectivity index (χ4n) is 4.69. The zero-order chi connectivity index (χ0) is 27.7. The van der Waals surface area contributed by atoms with Crippen LogP contribution < -0.4 is 14.8 Å². The Labute approximate surface area is 228 Å². The molecule has 1 aromatic heterocycles. The number of alkyl halides is 3. The molecule has 1 unspecified atom stereocenters. The van der Waals surface area contributed by atoms with Crippen LogP contribution in [0.1, 0.15) is 70.9 Å². The normalized spacial score (nSPS) is 16.7. The summed E-state index contributed by atoms with van der Waals surface area (Å²) >= 11 is 6.42. The molecule has 5 rings (SSSR count). The van der Waals surface area contributed by atoms with Gasteiger partial charge in [-0.05, 0) is 74.6 Å². The first-order chi connectivity index (χ1) is 18.6. The number of ether oxygens (including phenoxy) is 2. The van der Waals surface area contributed by atoms with Crippen molar-refractivity contribution in [1.82, 2.24) is 10.3 Å². The van der Waals surface area contributed by atoms with Crippen molar-refractivity contribution in [3.8, 4) is 17.2 Å². The average Bonchev–Trinajstić information content (AvgIpc) is 3.74. The van der Waals surface area contributed by atoms with Crippen molar-refractivity contribution >= 4 is 23.3 Å². The van der Waals surface area contributed by atoms with Crippen molar-refractivity contribution in [3.05, 3.63) is 81.6 Å². The highest BCUT2D eigenvalue weighted by Crippen LogP contribution is 2.43. The molecule has 204 valence electrons. The van der Waals surface area contributed by atoms with E-state index in [2.05, 4.69) is 10.3 Å². The van der Waals surface area contributed by atoms with E-state index in [-0.39, 0.29) is 30.1 Å². The second-order valence-corrected chi connectivity index (χ2v) is 10.2. The van der Waals surface area contributed by atoms with Gasteiger partial charge >= 0.3 is 6.18 Å². The molecule has 0 spiro atoms. The molecule has 2 aromatic carbocycles. The number of rotatable bonds is 8. The lowest BCUT2D eigenvalue weighted by atomic mass is 9.90. The summed E-state index contributed by atoms with van der Waals surface area (Å²) in [6.07, 6.45) is -1.85. The van der Waals surface area contributed by atoms with Crippen LogP contribution in [-0.2, 0) is 17.4 Å². The van der Waals surface area contributed by atoms with Crippen LogP contribution in [0.2, 0.25) is 5.02 Å². The molecule has 10 heteroatoms. The highest BCUT2D eigenvalue weighted by atomic mass is 35.5. The van der Waals surface area contributed by atoms with Crippen LogP contribution in [0.25, 0.3) is 0 Å². The number of ketones is 1. The Bertz CT molecular complexity index is 1400. The molecule has 0 bridgehead atoms. The van der Waals surface area contributed by atoms with Gasteiger partial charge in [0.2, 0.25) is 0 Å². The first kappa shape index (κ1) is 27.0. The third-order valence-electron chi connectivity index (χ3n) is 6.89. The number of hydrogen-bond acceptors (Lipinski definition) is 5. The van der Waals surface area contributed by atoms with E-state index in [9.17, 15) is 22.8 Å². The van der Waals surface area contributed by atoms with Gasteiger partial charge in [-0.1, -0.05) is 17.7 Å². The highest BCUT2D eigenvalue weighted by Gasteiger charge is 2.35. The maximum absolute atomic E-state index is 13.1. The summed E-state index contributed by atoms with van der Waals surface area (Å²) in [5, 5.41) is 3.15. The molecule has 1 amide bonds. The molecule has 1 aliphatic carbocycles. The van der Waals surface area contributed by atoms with Gasteiger partial charge < -0.3 is 14.8 Å².